The number of amides is 1. The van der Waals surface area contributed by atoms with E-state index in [1.165, 1.54) is 6.07 Å². The summed E-state index contributed by atoms with van der Waals surface area (Å²) < 4.78 is 19.2. The molecule has 5 nitrogen and oxygen atoms in total. The zero-order valence-corrected chi connectivity index (χ0v) is 14.6. The van der Waals surface area contributed by atoms with Gasteiger partial charge in [-0.25, -0.2) is 4.39 Å². The number of hydrogen-bond donors (Lipinski definition) is 1. The first-order chi connectivity index (χ1) is 12.0. The second-order valence-electron chi connectivity index (χ2n) is 5.11. The minimum atomic E-state index is -0.482. The van der Waals surface area contributed by atoms with E-state index in [0.717, 1.165) is 11.8 Å². The van der Waals surface area contributed by atoms with Crippen LogP contribution in [0.4, 0.5) is 10.1 Å². The highest BCUT2D eigenvalue weighted by molar-refractivity contribution is 8.00. The Morgan fingerprint density at radius 1 is 1.20 bits per heavy atom. The monoisotopic (exact) mass is 377 g/mol. The van der Waals surface area contributed by atoms with E-state index in [9.17, 15) is 9.18 Å². The van der Waals surface area contributed by atoms with Gasteiger partial charge in [-0.3, -0.25) is 4.79 Å². The number of hydrogen-bond acceptors (Lipinski definition) is 5. The summed E-state index contributed by atoms with van der Waals surface area (Å²) in [4.78, 5) is 12.2. The van der Waals surface area contributed by atoms with Crippen molar-refractivity contribution in [2.24, 2.45) is 0 Å². The number of benzene rings is 2. The third-order valence-electron chi connectivity index (χ3n) is 3.27. The largest absolute Gasteiger partial charge is 0.411 e. The zero-order valence-electron chi connectivity index (χ0n) is 13.1. The van der Waals surface area contributed by atoms with E-state index in [1.807, 2.05) is 0 Å². The summed E-state index contributed by atoms with van der Waals surface area (Å²) in [6.45, 7) is 1.71. The van der Waals surface area contributed by atoms with Gasteiger partial charge in [-0.15, -0.1) is 10.2 Å². The van der Waals surface area contributed by atoms with E-state index >= 15 is 0 Å². The van der Waals surface area contributed by atoms with Crippen LogP contribution in [0.5, 0.6) is 0 Å². The average Bonchev–Trinajstić information content (AvgIpc) is 3.05. The normalized spacial score (nSPS) is 12.0. The first-order valence-electron chi connectivity index (χ1n) is 7.34. The van der Waals surface area contributed by atoms with Gasteiger partial charge in [0.1, 0.15) is 5.82 Å². The summed E-state index contributed by atoms with van der Waals surface area (Å²) in [6.07, 6.45) is 0. The number of thioether (sulfide) groups is 1. The molecule has 3 aromatic rings. The minimum absolute atomic E-state index is 0.0749. The Bertz CT molecular complexity index is 886. The lowest BCUT2D eigenvalue weighted by Crippen LogP contribution is -2.22. The number of halogens is 2. The second-order valence-corrected chi connectivity index (χ2v) is 6.84. The van der Waals surface area contributed by atoms with Crippen molar-refractivity contribution in [3.8, 4) is 11.5 Å². The fourth-order valence-corrected chi connectivity index (χ4v) is 2.79. The summed E-state index contributed by atoms with van der Waals surface area (Å²) in [6, 6.07) is 12.9. The quantitative estimate of drug-likeness (QED) is 0.655. The number of aromatic nitrogens is 2. The van der Waals surface area contributed by atoms with Crippen LogP contribution in [0.15, 0.2) is 58.2 Å². The smallest absolute Gasteiger partial charge is 0.277 e. The van der Waals surface area contributed by atoms with Gasteiger partial charge in [-0.2, -0.15) is 0 Å². The highest BCUT2D eigenvalue weighted by atomic mass is 35.5. The molecule has 1 N–H and O–H groups in total. The van der Waals surface area contributed by atoms with E-state index in [2.05, 4.69) is 15.5 Å². The van der Waals surface area contributed by atoms with Crippen LogP contribution >= 0.6 is 23.4 Å². The Hall–Kier alpha value is -2.38. The molecular formula is C17H13ClFN3O2S. The van der Waals surface area contributed by atoms with Crippen molar-refractivity contribution in [1.82, 2.24) is 10.2 Å². The van der Waals surface area contributed by atoms with Crippen LogP contribution in [-0.4, -0.2) is 21.4 Å². The van der Waals surface area contributed by atoms with Crippen molar-refractivity contribution < 1.29 is 13.6 Å². The first kappa shape index (κ1) is 17.4. The van der Waals surface area contributed by atoms with Crippen molar-refractivity contribution in [2.45, 2.75) is 17.4 Å². The van der Waals surface area contributed by atoms with E-state index in [-0.39, 0.29) is 22.6 Å². The van der Waals surface area contributed by atoms with Crippen LogP contribution in [-0.2, 0) is 4.79 Å². The van der Waals surface area contributed by atoms with E-state index in [4.69, 9.17) is 16.0 Å². The molecule has 0 aliphatic rings. The molecule has 2 aromatic carbocycles. The average molecular weight is 378 g/mol. The molecule has 1 atom stereocenters. The van der Waals surface area contributed by atoms with Crippen LogP contribution in [0.25, 0.3) is 11.5 Å². The van der Waals surface area contributed by atoms with Gasteiger partial charge in [0.05, 0.1) is 10.8 Å². The molecule has 0 aliphatic carbocycles. The number of rotatable bonds is 5. The van der Waals surface area contributed by atoms with Crippen LogP contribution in [0.2, 0.25) is 5.02 Å². The Morgan fingerprint density at radius 2 is 1.92 bits per heavy atom. The maximum absolute atomic E-state index is 13.7. The van der Waals surface area contributed by atoms with Gasteiger partial charge < -0.3 is 9.73 Å². The molecule has 1 unspecified atom stereocenters. The van der Waals surface area contributed by atoms with E-state index in [1.54, 1.807) is 49.4 Å². The number of nitrogens with zero attached hydrogens (tertiary/aromatic N) is 2. The van der Waals surface area contributed by atoms with Crippen LogP contribution in [0.3, 0.4) is 0 Å². The van der Waals surface area contributed by atoms with Crippen molar-refractivity contribution in [1.29, 1.82) is 0 Å². The predicted molar refractivity (Wildman–Crippen MR) is 95.1 cm³/mol. The molecule has 3 rings (SSSR count). The highest BCUT2D eigenvalue weighted by Gasteiger charge is 2.19. The third kappa shape index (κ3) is 4.37. The van der Waals surface area contributed by atoms with Gasteiger partial charge in [0.15, 0.2) is 0 Å². The van der Waals surface area contributed by atoms with Gasteiger partial charge in [0.25, 0.3) is 11.1 Å². The van der Waals surface area contributed by atoms with Crippen molar-refractivity contribution in [3.05, 3.63) is 59.4 Å². The number of carbonyl (C=O) groups is 1. The molecule has 0 saturated carbocycles. The first-order valence-corrected chi connectivity index (χ1v) is 8.60. The summed E-state index contributed by atoms with van der Waals surface area (Å²) in [5.74, 6) is -0.597. The SMILES string of the molecule is CC(Sc1nnc(-c2ccccc2F)o1)C(=O)Nc1ccc(Cl)cc1. The van der Waals surface area contributed by atoms with Gasteiger partial charge in [-0.05, 0) is 43.3 Å². The van der Waals surface area contributed by atoms with Gasteiger partial charge in [0.2, 0.25) is 5.91 Å². The van der Waals surface area contributed by atoms with Gasteiger partial charge in [-0.1, -0.05) is 35.5 Å². The molecule has 1 amide bonds. The Labute approximate surface area is 152 Å². The maximum atomic E-state index is 13.7. The lowest BCUT2D eigenvalue weighted by atomic mass is 10.2. The molecule has 8 heteroatoms. The van der Waals surface area contributed by atoms with E-state index < -0.39 is 11.1 Å². The Balaban J connectivity index is 1.65. The molecule has 1 heterocycles. The van der Waals surface area contributed by atoms with Crippen molar-refractivity contribution in [2.75, 3.05) is 5.32 Å². The number of carbonyl (C=O) groups excluding carboxylic acids is 1. The molecule has 0 saturated heterocycles. The molecule has 0 fully saturated rings. The number of nitrogens with one attached hydrogen (secondary N) is 1. The molecule has 0 radical (unpaired) electrons. The topological polar surface area (TPSA) is 68.0 Å². The summed E-state index contributed by atoms with van der Waals surface area (Å²) >= 11 is 6.91. The molecule has 0 bridgehead atoms. The second kappa shape index (κ2) is 7.67. The maximum Gasteiger partial charge on any atom is 0.277 e. The zero-order chi connectivity index (χ0) is 17.8. The molecule has 25 heavy (non-hydrogen) atoms. The van der Waals surface area contributed by atoms with Crippen LogP contribution in [0, 0.1) is 5.82 Å². The Kier molecular flexibility index (Phi) is 5.35. The molecule has 128 valence electrons. The third-order valence-corrected chi connectivity index (χ3v) is 4.46. The molecule has 0 spiro atoms. The van der Waals surface area contributed by atoms with E-state index in [0.29, 0.717) is 10.7 Å². The van der Waals surface area contributed by atoms with Crippen LogP contribution < -0.4 is 5.32 Å². The fourth-order valence-electron chi connectivity index (χ4n) is 1.98. The lowest BCUT2D eigenvalue weighted by Gasteiger charge is -2.09. The van der Waals surface area contributed by atoms with Crippen LogP contribution in [0.1, 0.15) is 6.92 Å². The molecular weight excluding hydrogens is 365 g/mol. The highest BCUT2D eigenvalue weighted by Crippen LogP contribution is 2.28. The number of anilines is 1. The summed E-state index contributed by atoms with van der Waals surface area (Å²) in [5.41, 5.74) is 0.861. The van der Waals surface area contributed by atoms with Gasteiger partial charge in [0, 0.05) is 10.7 Å². The van der Waals surface area contributed by atoms with Crippen molar-refractivity contribution in [3.63, 3.8) is 0 Å². The molecule has 1 aromatic heterocycles. The summed E-state index contributed by atoms with van der Waals surface area (Å²) in [5, 5.41) is 10.8. The summed E-state index contributed by atoms with van der Waals surface area (Å²) in [7, 11) is 0. The minimum Gasteiger partial charge on any atom is -0.411 e. The molecule has 0 aliphatic heterocycles. The Morgan fingerprint density at radius 3 is 2.64 bits per heavy atom. The lowest BCUT2D eigenvalue weighted by molar-refractivity contribution is -0.115. The predicted octanol–water partition coefficient (Wildman–Crippen LogP) is 4.65. The van der Waals surface area contributed by atoms with Gasteiger partial charge >= 0.3 is 0 Å². The fraction of sp³-hybridized carbons (Fsp3) is 0.118. The standard InChI is InChI=1S/C17H13ClFN3O2S/c1-10(15(23)20-12-8-6-11(18)7-9-12)25-17-22-21-16(24-17)13-4-2-3-5-14(13)19/h2-10H,1H3,(H,20,23). The van der Waals surface area contributed by atoms with Crippen molar-refractivity contribution >= 4 is 35.0 Å².